The maximum atomic E-state index is 12.1. The molecule has 0 fully saturated rings. The van der Waals surface area contributed by atoms with E-state index >= 15 is 0 Å². The minimum atomic E-state index is 0.362. The molecule has 106 valence electrons. The average Bonchev–Trinajstić information content (AvgIpc) is 2.42. The zero-order valence-electron chi connectivity index (χ0n) is 12.0. The Labute approximate surface area is 117 Å². The second-order valence-corrected chi connectivity index (χ2v) is 4.56. The molecule has 2 rings (SSSR count). The fraction of sp³-hybridized carbons (Fsp3) is 0.286. The second-order valence-electron chi connectivity index (χ2n) is 4.56. The Morgan fingerprint density at radius 1 is 0.800 bits per heavy atom. The molecule has 20 heavy (non-hydrogen) atoms. The molecule has 2 heterocycles. The van der Waals surface area contributed by atoms with E-state index in [0.717, 1.165) is 32.0 Å². The van der Waals surface area contributed by atoms with Crippen LogP contribution in [-0.2, 0) is 0 Å². The van der Waals surface area contributed by atoms with Gasteiger partial charge in [-0.25, -0.2) is 0 Å². The van der Waals surface area contributed by atoms with Gasteiger partial charge in [0.25, 0.3) is 11.4 Å². The molecule has 2 aromatic heterocycles. The van der Waals surface area contributed by atoms with Crippen LogP contribution in [0.2, 0.25) is 0 Å². The summed E-state index contributed by atoms with van der Waals surface area (Å²) in [5, 5.41) is 30.3. The summed E-state index contributed by atoms with van der Waals surface area (Å²) >= 11 is 0. The predicted molar refractivity (Wildman–Crippen MR) is 78.4 cm³/mol. The molecular weight excluding hydrogens is 256 g/mol. The van der Waals surface area contributed by atoms with Crippen molar-refractivity contribution in [3.05, 3.63) is 46.1 Å². The van der Waals surface area contributed by atoms with E-state index in [1.807, 2.05) is 13.8 Å². The lowest BCUT2D eigenvalue weighted by Gasteiger charge is -2.14. The first-order chi connectivity index (χ1) is 9.51. The van der Waals surface area contributed by atoms with Crippen LogP contribution < -0.4 is 20.1 Å². The highest BCUT2D eigenvalue weighted by Gasteiger charge is 2.27. The lowest BCUT2D eigenvalue weighted by Crippen LogP contribution is -2.38. The molecule has 0 aliphatic heterocycles. The van der Waals surface area contributed by atoms with E-state index in [1.165, 1.54) is 12.4 Å². The SMILES string of the molecule is CNc1cc[n+]([O-])c(-c2c(C)c(NC)cc[n+]2[O-])c1C. The van der Waals surface area contributed by atoms with E-state index < -0.39 is 0 Å². The zero-order chi connectivity index (χ0) is 14.9. The van der Waals surface area contributed by atoms with E-state index in [0.29, 0.717) is 11.4 Å². The summed E-state index contributed by atoms with van der Waals surface area (Å²) in [5.41, 5.74) is 3.85. The van der Waals surface area contributed by atoms with Crippen molar-refractivity contribution in [1.29, 1.82) is 0 Å². The molecule has 0 amide bonds. The fourth-order valence-corrected chi connectivity index (χ4v) is 2.37. The summed E-state index contributed by atoms with van der Waals surface area (Å²) in [6.45, 7) is 3.64. The summed E-state index contributed by atoms with van der Waals surface area (Å²) in [5.74, 6) is 0. The number of hydrogen-bond donors (Lipinski definition) is 2. The van der Waals surface area contributed by atoms with E-state index in [2.05, 4.69) is 10.6 Å². The van der Waals surface area contributed by atoms with E-state index in [1.54, 1.807) is 26.2 Å². The summed E-state index contributed by atoms with van der Waals surface area (Å²) in [6, 6.07) is 3.39. The summed E-state index contributed by atoms with van der Waals surface area (Å²) in [7, 11) is 3.56. The van der Waals surface area contributed by atoms with Crippen LogP contribution >= 0.6 is 0 Å². The van der Waals surface area contributed by atoms with Crippen molar-refractivity contribution in [3.63, 3.8) is 0 Å². The first-order valence-corrected chi connectivity index (χ1v) is 6.32. The number of anilines is 2. The van der Waals surface area contributed by atoms with Crippen LogP contribution in [0.4, 0.5) is 11.4 Å². The number of nitrogens with zero attached hydrogens (tertiary/aromatic N) is 2. The highest BCUT2D eigenvalue weighted by Crippen LogP contribution is 2.27. The van der Waals surface area contributed by atoms with E-state index in [4.69, 9.17) is 0 Å². The minimum Gasteiger partial charge on any atom is -0.618 e. The molecular formula is C14H18N4O2. The molecule has 0 saturated carbocycles. The van der Waals surface area contributed by atoms with Gasteiger partial charge in [-0.3, -0.25) is 0 Å². The van der Waals surface area contributed by atoms with E-state index in [9.17, 15) is 10.4 Å². The van der Waals surface area contributed by atoms with Crippen molar-refractivity contribution in [2.75, 3.05) is 24.7 Å². The van der Waals surface area contributed by atoms with Crippen LogP contribution in [-0.4, -0.2) is 14.1 Å². The second kappa shape index (κ2) is 5.24. The third-order valence-corrected chi connectivity index (χ3v) is 3.48. The predicted octanol–water partition coefficient (Wildman–Crippen LogP) is 1.32. The van der Waals surface area contributed by atoms with Crippen molar-refractivity contribution < 1.29 is 9.46 Å². The van der Waals surface area contributed by atoms with Crippen molar-refractivity contribution >= 4 is 11.4 Å². The monoisotopic (exact) mass is 274 g/mol. The molecule has 0 saturated heterocycles. The van der Waals surface area contributed by atoms with Gasteiger partial charge < -0.3 is 21.0 Å². The van der Waals surface area contributed by atoms with Gasteiger partial charge in [0.15, 0.2) is 12.4 Å². The third kappa shape index (κ3) is 2.09. The standard InChI is InChI=1S/C14H18N4O2/c1-9-11(15-3)5-7-17(19)13(9)14-10(2)12(16-4)6-8-18(14)20/h5-8,15-16H,1-4H3. The van der Waals surface area contributed by atoms with Crippen LogP contribution in [0.25, 0.3) is 11.4 Å². The highest BCUT2D eigenvalue weighted by molar-refractivity contribution is 5.69. The Kier molecular flexibility index (Phi) is 3.65. The van der Waals surface area contributed by atoms with Gasteiger partial charge in [0.1, 0.15) is 0 Å². The van der Waals surface area contributed by atoms with Crippen molar-refractivity contribution in [3.8, 4) is 11.4 Å². The highest BCUT2D eigenvalue weighted by atomic mass is 16.5. The molecule has 2 aromatic rings. The maximum Gasteiger partial charge on any atom is 0.295 e. The molecule has 0 spiro atoms. The van der Waals surface area contributed by atoms with Crippen LogP contribution in [0.1, 0.15) is 11.1 Å². The lowest BCUT2D eigenvalue weighted by atomic mass is 10.0. The van der Waals surface area contributed by atoms with Crippen LogP contribution in [0.15, 0.2) is 24.5 Å². The summed E-state index contributed by atoms with van der Waals surface area (Å²) in [4.78, 5) is 0. The molecule has 0 bridgehead atoms. The molecule has 0 unspecified atom stereocenters. The molecule has 0 aromatic carbocycles. The first-order valence-electron chi connectivity index (χ1n) is 6.32. The molecule has 0 radical (unpaired) electrons. The molecule has 6 nitrogen and oxygen atoms in total. The Balaban J connectivity index is 2.81. The fourth-order valence-electron chi connectivity index (χ4n) is 2.37. The minimum absolute atomic E-state index is 0.362. The van der Waals surface area contributed by atoms with Gasteiger partial charge >= 0.3 is 0 Å². The number of hydrogen-bond acceptors (Lipinski definition) is 4. The number of pyridine rings is 2. The van der Waals surface area contributed by atoms with Gasteiger partial charge in [-0.15, -0.1) is 0 Å². The first kappa shape index (κ1) is 13.9. The quantitative estimate of drug-likeness (QED) is 0.653. The Hall–Kier alpha value is -2.50. The normalized spacial score (nSPS) is 10.4. The van der Waals surface area contributed by atoms with Crippen LogP contribution in [0.3, 0.4) is 0 Å². The Morgan fingerprint density at radius 2 is 1.15 bits per heavy atom. The van der Waals surface area contributed by atoms with Gasteiger partial charge in [-0.05, 0) is 13.8 Å². The molecule has 6 heteroatoms. The number of nitrogens with one attached hydrogen (secondary N) is 2. The molecule has 0 atom stereocenters. The maximum absolute atomic E-state index is 12.1. The number of rotatable bonds is 3. The molecule has 0 aliphatic carbocycles. The van der Waals surface area contributed by atoms with Crippen molar-refractivity contribution in [2.24, 2.45) is 0 Å². The summed E-state index contributed by atoms with van der Waals surface area (Å²) in [6.07, 6.45) is 2.80. The van der Waals surface area contributed by atoms with Gasteiger partial charge in [0.2, 0.25) is 0 Å². The third-order valence-electron chi connectivity index (χ3n) is 3.48. The van der Waals surface area contributed by atoms with Crippen LogP contribution in [0.5, 0.6) is 0 Å². The number of aromatic nitrogens is 2. The molecule has 2 N–H and O–H groups in total. The lowest BCUT2D eigenvalue weighted by molar-refractivity contribution is -0.625. The van der Waals surface area contributed by atoms with Gasteiger partial charge in [0.05, 0.1) is 11.1 Å². The molecule has 0 aliphatic rings. The largest absolute Gasteiger partial charge is 0.618 e. The van der Waals surface area contributed by atoms with Crippen molar-refractivity contribution in [2.45, 2.75) is 13.8 Å². The summed E-state index contributed by atoms with van der Waals surface area (Å²) < 4.78 is 1.46. The van der Waals surface area contributed by atoms with Crippen LogP contribution in [0, 0.1) is 24.3 Å². The Morgan fingerprint density at radius 3 is 1.45 bits per heavy atom. The van der Waals surface area contributed by atoms with Gasteiger partial charge in [-0.1, -0.05) is 0 Å². The van der Waals surface area contributed by atoms with Crippen molar-refractivity contribution in [1.82, 2.24) is 0 Å². The smallest absolute Gasteiger partial charge is 0.295 e. The zero-order valence-corrected chi connectivity index (χ0v) is 12.0. The average molecular weight is 274 g/mol. The van der Waals surface area contributed by atoms with E-state index in [-0.39, 0.29) is 0 Å². The Bertz CT molecular complexity index is 599. The topological polar surface area (TPSA) is 77.9 Å². The van der Waals surface area contributed by atoms with Gasteiger partial charge in [0, 0.05) is 37.6 Å². The van der Waals surface area contributed by atoms with Gasteiger partial charge in [-0.2, -0.15) is 9.46 Å².